The Morgan fingerprint density at radius 1 is 1.44 bits per heavy atom. The minimum absolute atomic E-state index is 0.164. The molecule has 3 nitrogen and oxygen atoms in total. The van der Waals surface area contributed by atoms with Gasteiger partial charge in [-0.1, -0.05) is 24.3 Å². The first kappa shape index (κ1) is 13.1. The zero-order valence-electron chi connectivity index (χ0n) is 10.9. The third kappa shape index (κ3) is 3.33. The van der Waals surface area contributed by atoms with Crippen LogP contribution in [0.3, 0.4) is 0 Å². The maximum atomic E-state index is 12.0. The number of carbonyl (C=O) groups is 1. The summed E-state index contributed by atoms with van der Waals surface area (Å²) in [5, 5.41) is 9.56. The van der Waals surface area contributed by atoms with Crippen molar-refractivity contribution in [2.75, 3.05) is 13.1 Å². The van der Waals surface area contributed by atoms with E-state index in [9.17, 15) is 9.90 Å². The van der Waals surface area contributed by atoms with Crippen LogP contribution in [0.2, 0.25) is 0 Å². The molecule has 1 fully saturated rings. The van der Waals surface area contributed by atoms with E-state index in [4.69, 9.17) is 0 Å². The molecule has 0 unspecified atom stereocenters. The number of β-amino-alcohol motifs (C(OH)–C–C–N with tert-alkyl or cyclic N) is 1. The molecule has 1 atom stereocenters. The normalized spacial score (nSPS) is 19.9. The summed E-state index contributed by atoms with van der Waals surface area (Å²) in [5.74, 6) is 0.164. The van der Waals surface area contributed by atoms with Crippen LogP contribution in [0.4, 0.5) is 0 Å². The summed E-state index contributed by atoms with van der Waals surface area (Å²) in [6.45, 7) is 3.38. The maximum Gasteiger partial charge on any atom is 0.222 e. The number of aliphatic hydroxyl groups excluding tert-OH is 1. The molecule has 18 heavy (non-hydrogen) atoms. The Balaban J connectivity index is 1.86. The Kier molecular flexibility index (Phi) is 4.37. The molecule has 1 aromatic carbocycles. The predicted octanol–water partition coefficient (Wildman–Crippen LogP) is 1.91. The molecule has 0 aliphatic carbocycles. The van der Waals surface area contributed by atoms with E-state index in [0.717, 1.165) is 25.8 Å². The third-order valence-corrected chi connectivity index (χ3v) is 3.62. The topological polar surface area (TPSA) is 40.5 Å². The van der Waals surface area contributed by atoms with Gasteiger partial charge in [-0.05, 0) is 37.3 Å². The van der Waals surface area contributed by atoms with Crippen molar-refractivity contribution in [2.24, 2.45) is 0 Å². The standard InChI is InChI=1S/C15H21NO2/c1-12-5-2-3-6-13(12)8-9-15(18)16-10-4-7-14(17)11-16/h2-3,5-6,14,17H,4,7-11H2,1H3/t14-/m0/s1. The summed E-state index contributed by atoms with van der Waals surface area (Å²) in [7, 11) is 0. The Hall–Kier alpha value is -1.35. The van der Waals surface area contributed by atoms with Crippen LogP contribution >= 0.6 is 0 Å². The van der Waals surface area contributed by atoms with Gasteiger partial charge in [0.2, 0.25) is 5.91 Å². The van der Waals surface area contributed by atoms with Gasteiger partial charge < -0.3 is 10.0 Å². The molecule has 3 heteroatoms. The molecule has 1 N–H and O–H groups in total. The van der Waals surface area contributed by atoms with Gasteiger partial charge in [0.15, 0.2) is 0 Å². The van der Waals surface area contributed by atoms with E-state index in [2.05, 4.69) is 19.1 Å². The summed E-state index contributed by atoms with van der Waals surface area (Å²) < 4.78 is 0. The van der Waals surface area contributed by atoms with Crippen molar-refractivity contribution in [1.29, 1.82) is 0 Å². The van der Waals surface area contributed by atoms with Gasteiger partial charge in [-0.2, -0.15) is 0 Å². The number of hydrogen-bond donors (Lipinski definition) is 1. The maximum absolute atomic E-state index is 12.0. The number of hydrogen-bond acceptors (Lipinski definition) is 2. The number of carbonyl (C=O) groups excluding carboxylic acids is 1. The molecule has 1 aliphatic heterocycles. The zero-order chi connectivity index (χ0) is 13.0. The Labute approximate surface area is 108 Å². The third-order valence-electron chi connectivity index (χ3n) is 3.62. The largest absolute Gasteiger partial charge is 0.391 e. The highest BCUT2D eigenvalue weighted by Gasteiger charge is 2.21. The molecule has 0 aromatic heterocycles. The SMILES string of the molecule is Cc1ccccc1CCC(=O)N1CCC[C@H](O)C1. The minimum Gasteiger partial charge on any atom is -0.391 e. The second-order valence-corrected chi connectivity index (χ2v) is 5.06. The lowest BCUT2D eigenvalue weighted by molar-refractivity contribution is -0.134. The number of amides is 1. The van der Waals surface area contributed by atoms with Crippen LogP contribution < -0.4 is 0 Å². The number of rotatable bonds is 3. The minimum atomic E-state index is -0.332. The van der Waals surface area contributed by atoms with Crippen molar-refractivity contribution < 1.29 is 9.90 Å². The van der Waals surface area contributed by atoms with E-state index >= 15 is 0 Å². The van der Waals surface area contributed by atoms with Crippen LogP contribution in [-0.4, -0.2) is 35.1 Å². The fourth-order valence-corrected chi connectivity index (χ4v) is 2.47. The highest BCUT2D eigenvalue weighted by molar-refractivity contribution is 5.76. The lowest BCUT2D eigenvalue weighted by Gasteiger charge is -2.30. The number of nitrogens with zero attached hydrogens (tertiary/aromatic N) is 1. The van der Waals surface area contributed by atoms with Crippen molar-refractivity contribution in [2.45, 2.75) is 38.7 Å². The van der Waals surface area contributed by atoms with Crippen LogP contribution in [0.15, 0.2) is 24.3 Å². The molecule has 1 amide bonds. The molecule has 1 aromatic rings. The van der Waals surface area contributed by atoms with E-state index in [-0.39, 0.29) is 12.0 Å². The average Bonchev–Trinajstić information content (AvgIpc) is 2.37. The molecule has 1 saturated heterocycles. The van der Waals surface area contributed by atoms with Gasteiger partial charge in [0.25, 0.3) is 0 Å². The lowest BCUT2D eigenvalue weighted by Crippen LogP contribution is -2.42. The van der Waals surface area contributed by atoms with Crippen molar-refractivity contribution in [3.63, 3.8) is 0 Å². The molecule has 1 aliphatic rings. The second kappa shape index (κ2) is 6.01. The van der Waals surface area contributed by atoms with Crippen LogP contribution in [0.25, 0.3) is 0 Å². The molecule has 0 bridgehead atoms. The molecule has 0 radical (unpaired) electrons. The van der Waals surface area contributed by atoms with E-state index < -0.39 is 0 Å². The summed E-state index contributed by atoms with van der Waals surface area (Å²) in [6.07, 6.45) is 2.73. The van der Waals surface area contributed by atoms with Crippen molar-refractivity contribution in [3.8, 4) is 0 Å². The van der Waals surface area contributed by atoms with Gasteiger partial charge in [-0.3, -0.25) is 4.79 Å². The molecule has 98 valence electrons. The molecular weight excluding hydrogens is 226 g/mol. The lowest BCUT2D eigenvalue weighted by atomic mass is 10.0. The quantitative estimate of drug-likeness (QED) is 0.886. The predicted molar refractivity (Wildman–Crippen MR) is 71.3 cm³/mol. The fraction of sp³-hybridized carbons (Fsp3) is 0.533. The van der Waals surface area contributed by atoms with Crippen molar-refractivity contribution in [1.82, 2.24) is 4.90 Å². The summed E-state index contributed by atoms with van der Waals surface area (Å²) >= 11 is 0. The smallest absolute Gasteiger partial charge is 0.222 e. The van der Waals surface area contributed by atoms with Crippen LogP contribution in [0, 0.1) is 6.92 Å². The second-order valence-electron chi connectivity index (χ2n) is 5.06. The van der Waals surface area contributed by atoms with Gasteiger partial charge in [0, 0.05) is 19.5 Å². The van der Waals surface area contributed by atoms with Crippen LogP contribution in [0.1, 0.15) is 30.4 Å². The van der Waals surface area contributed by atoms with E-state index in [1.807, 2.05) is 12.1 Å². The van der Waals surface area contributed by atoms with Crippen LogP contribution in [0.5, 0.6) is 0 Å². The summed E-state index contributed by atoms with van der Waals surface area (Å²) in [6, 6.07) is 8.18. The van der Waals surface area contributed by atoms with Crippen LogP contribution in [-0.2, 0) is 11.2 Å². The zero-order valence-corrected chi connectivity index (χ0v) is 10.9. The first-order valence-corrected chi connectivity index (χ1v) is 6.67. The van der Waals surface area contributed by atoms with Gasteiger partial charge in [-0.25, -0.2) is 0 Å². The van der Waals surface area contributed by atoms with Gasteiger partial charge in [-0.15, -0.1) is 0 Å². The highest BCUT2D eigenvalue weighted by Crippen LogP contribution is 2.14. The summed E-state index contributed by atoms with van der Waals surface area (Å²) in [4.78, 5) is 13.8. The summed E-state index contributed by atoms with van der Waals surface area (Å²) in [5.41, 5.74) is 2.48. The molecule has 1 heterocycles. The van der Waals surface area contributed by atoms with E-state index in [0.29, 0.717) is 13.0 Å². The molecular formula is C15H21NO2. The number of aliphatic hydroxyl groups is 1. The van der Waals surface area contributed by atoms with Gasteiger partial charge in [0.05, 0.1) is 6.10 Å². The Morgan fingerprint density at radius 2 is 2.22 bits per heavy atom. The number of benzene rings is 1. The Morgan fingerprint density at radius 3 is 2.94 bits per heavy atom. The van der Waals surface area contributed by atoms with Gasteiger partial charge >= 0.3 is 0 Å². The fourth-order valence-electron chi connectivity index (χ4n) is 2.47. The number of likely N-dealkylation sites (tertiary alicyclic amines) is 1. The monoisotopic (exact) mass is 247 g/mol. The van der Waals surface area contributed by atoms with Crippen molar-refractivity contribution in [3.05, 3.63) is 35.4 Å². The highest BCUT2D eigenvalue weighted by atomic mass is 16.3. The molecule has 0 spiro atoms. The van der Waals surface area contributed by atoms with Crippen molar-refractivity contribution >= 4 is 5.91 Å². The van der Waals surface area contributed by atoms with Gasteiger partial charge in [0.1, 0.15) is 0 Å². The van der Waals surface area contributed by atoms with E-state index in [1.165, 1.54) is 11.1 Å². The average molecular weight is 247 g/mol. The molecule has 0 saturated carbocycles. The Bertz CT molecular complexity index is 417. The molecule has 2 rings (SSSR count). The number of aryl methyl sites for hydroxylation is 2. The van der Waals surface area contributed by atoms with E-state index in [1.54, 1.807) is 4.90 Å². The first-order valence-electron chi connectivity index (χ1n) is 6.67. The number of piperidine rings is 1. The first-order chi connectivity index (χ1) is 8.66.